The molecule has 1 aromatic heterocycles. The number of anilines is 2. The van der Waals surface area contributed by atoms with Gasteiger partial charge in [0.25, 0.3) is 0 Å². The fourth-order valence-corrected chi connectivity index (χ4v) is 2.61. The summed E-state index contributed by atoms with van der Waals surface area (Å²) in [4.78, 5) is 12.2. The molecule has 0 spiro atoms. The number of ether oxygens (including phenoxy) is 1. The van der Waals surface area contributed by atoms with E-state index in [1.807, 2.05) is 42.0 Å². The number of alkyl halides is 2. The standard InChI is InChI=1S/C18H17F2N3O2/c1-2-23-11-15(14-5-3-4-6-16(14)23)22-18(24)21-12-7-9-13(10-8-12)25-17(19)20/h3-11,17H,2H2,1H3,(H2,21,22,24). The minimum Gasteiger partial charge on any atom is -0.435 e. The number of amides is 2. The molecule has 5 nitrogen and oxygen atoms in total. The number of urea groups is 1. The largest absolute Gasteiger partial charge is 0.435 e. The molecule has 0 saturated carbocycles. The second-order valence-electron chi connectivity index (χ2n) is 5.33. The molecule has 0 saturated heterocycles. The first-order chi connectivity index (χ1) is 12.1. The summed E-state index contributed by atoms with van der Waals surface area (Å²) in [6.45, 7) is -0.0626. The number of aromatic nitrogens is 1. The number of nitrogens with zero attached hydrogens (tertiary/aromatic N) is 1. The summed E-state index contributed by atoms with van der Waals surface area (Å²) in [5, 5.41) is 6.42. The zero-order valence-corrected chi connectivity index (χ0v) is 13.5. The number of aryl methyl sites for hydroxylation is 1. The van der Waals surface area contributed by atoms with Crippen LogP contribution in [-0.2, 0) is 6.54 Å². The first-order valence-electron chi connectivity index (χ1n) is 7.77. The third-order valence-corrected chi connectivity index (χ3v) is 3.71. The van der Waals surface area contributed by atoms with Crippen LogP contribution in [0, 0.1) is 0 Å². The Hall–Kier alpha value is -3.09. The minimum atomic E-state index is -2.88. The molecule has 0 aliphatic heterocycles. The SMILES string of the molecule is CCn1cc(NC(=O)Nc2ccc(OC(F)F)cc2)c2ccccc21. The Morgan fingerprint density at radius 3 is 2.52 bits per heavy atom. The van der Waals surface area contributed by atoms with Crippen LogP contribution in [0.15, 0.2) is 54.7 Å². The molecule has 25 heavy (non-hydrogen) atoms. The Balaban J connectivity index is 1.71. The normalized spacial score (nSPS) is 10.9. The lowest BCUT2D eigenvalue weighted by Crippen LogP contribution is -2.19. The number of rotatable bonds is 5. The van der Waals surface area contributed by atoms with E-state index in [-0.39, 0.29) is 5.75 Å². The highest BCUT2D eigenvalue weighted by Gasteiger charge is 2.10. The van der Waals surface area contributed by atoms with Gasteiger partial charge in [-0.2, -0.15) is 8.78 Å². The molecule has 3 aromatic rings. The van der Waals surface area contributed by atoms with Gasteiger partial charge < -0.3 is 19.9 Å². The van der Waals surface area contributed by atoms with E-state index in [2.05, 4.69) is 15.4 Å². The molecule has 2 amide bonds. The fourth-order valence-electron chi connectivity index (χ4n) is 2.61. The Morgan fingerprint density at radius 1 is 1.12 bits per heavy atom. The van der Waals surface area contributed by atoms with Crippen molar-refractivity contribution in [2.75, 3.05) is 10.6 Å². The van der Waals surface area contributed by atoms with Gasteiger partial charge in [0.1, 0.15) is 5.75 Å². The van der Waals surface area contributed by atoms with Gasteiger partial charge in [0.05, 0.1) is 11.2 Å². The average molecular weight is 345 g/mol. The highest BCUT2D eigenvalue weighted by atomic mass is 19.3. The van der Waals surface area contributed by atoms with Crippen LogP contribution in [-0.4, -0.2) is 17.2 Å². The van der Waals surface area contributed by atoms with Crippen molar-refractivity contribution in [3.05, 3.63) is 54.7 Å². The molecule has 3 rings (SSSR count). The number of halogens is 2. The van der Waals surface area contributed by atoms with Gasteiger partial charge in [-0.25, -0.2) is 4.79 Å². The number of fused-ring (bicyclic) bond motifs is 1. The van der Waals surface area contributed by atoms with Gasteiger partial charge in [-0.15, -0.1) is 0 Å². The molecule has 0 bridgehead atoms. The number of carbonyl (C=O) groups excluding carboxylic acids is 1. The second kappa shape index (κ2) is 7.21. The third-order valence-electron chi connectivity index (χ3n) is 3.71. The van der Waals surface area contributed by atoms with Crippen LogP contribution in [0.25, 0.3) is 10.9 Å². The van der Waals surface area contributed by atoms with Crippen LogP contribution in [0.2, 0.25) is 0 Å². The summed E-state index contributed by atoms with van der Waals surface area (Å²) in [5.41, 5.74) is 2.21. The van der Waals surface area contributed by atoms with Crippen molar-refractivity contribution in [1.82, 2.24) is 4.57 Å². The van der Waals surface area contributed by atoms with Gasteiger partial charge in [0, 0.05) is 23.8 Å². The predicted molar refractivity (Wildman–Crippen MR) is 93.3 cm³/mol. The molecule has 0 aliphatic rings. The Morgan fingerprint density at radius 2 is 1.84 bits per heavy atom. The minimum absolute atomic E-state index is 0.0342. The van der Waals surface area contributed by atoms with Crippen LogP contribution in [0.1, 0.15) is 6.92 Å². The molecular weight excluding hydrogens is 328 g/mol. The molecule has 0 atom stereocenters. The molecule has 2 aromatic carbocycles. The van der Waals surface area contributed by atoms with Crippen LogP contribution in [0.4, 0.5) is 25.0 Å². The maximum atomic E-state index is 12.2. The third kappa shape index (κ3) is 3.88. The summed E-state index contributed by atoms with van der Waals surface area (Å²) in [7, 11) is 0. The van der Waals surface area contributed by atoms with Crippen molar-refractivity contribution in [3.63, 3.8) is 0 Å². The van der Waals surface area contributed by atoms with E-state index in [0.29, 0.717) is 11.4 Å². The first-order valence-corrected chi connectivity index (χ1v) is 7.77. The molecule has 130 valence electrons. The van der Waals surface area contributed by atoms with Crippen molar-refractivity contribution in [2.24, 2.45) is 0 Å². The molecule has 7 heteroatoms. The van der Waals surface area contributed by atoms with Crippen LogP contribution < -0.4 is 15.4 Å². The maximum absolute atomic E-state index is 12.2. The number of nitrogens with one attached hydrogen (secondary N) is 2. The smallest absolute Gasteiger partial charge is 0.387 e. The predicted octanol–water partition coefficient (Wildman–Crippen LogP) is 4.91. The summed E-state index contributed by atoms with van der Waals surface area (Å²) < 4.78 is 30.6. The zero-order valence-electron chi connectivity index (χ0n) is 13.5. The molecule has 0 fully saturated rings. The Labute approximate surface area is 143 Å². The number of hydrogen-bond acceptors (Lipinski definition) is 2. The van der Waals surface area contributed by atoms with E-state index < -0.39 is 12.6 Å². The lowest BCUT2D eigenvalue weighted by atomic mass is 10.2. The molecule has 0 unspecified atom stereocenters. The van der Waals surface area contributed by atoms with Crippen molar-refractivity contribution in [3.8, 4) is 5.75 Å². The first kappa shape index (κ1) is 16.8. The highest BCUT2D eigenvalue weighted by molar-refractivity contribution is 6.06. The quantitative estimate of drug-likeness (QED) is 0.690. The fraction of sp³-hybridized carbons (Fsp3) is 0.167. The van der Waals surface area contributed by atoms with E-state index >= 15 is 0 Å². The summed E-state index contributed by atoms with van der Waals surface area (Å²) in [6, 6.07) is 13.1. The van der Waals surface area contributed by atoms with Gasteiger partial charge in [0.2, 0.25) is 0 Å². The van der Waals surface area contributed by atoms with E-state index in [9.17, 15) is 13.6 Å². The molecule has 1 heterocycles. The van der Waals surface area contributed by atoms with Crippen molar-refractivity contribution < 1.29 is 18.3 Å². The van der Waals surface area contributed by atoms with Crippen molar-refractivity contribution >= 4 is 28.3 Å². The average Bonchev–Trinajstić information content (AvgIpc) is 2.94. The molecule has 0 radical (unpaired) electrons. The lowest BCUT2D eigenvalue weighted by Gasteiger charge is -2.08. The van der Waals surface area contributed by atoms with Gasteiger partial charge in [-0.05, 0) is 37.3 Å². The van der Waals surface area contributed by atoms with Crippen molar-refractivity contribution in [1.29, 1.82) is 0 Å². The molecule has 2 N–H and O–H groups in total. The van der Waals surface area contributed by atoms with E-state index in [1.165, 1.54) is 24.3 Å². The maximum Gasteiger partial charge on any atom is 0.387 e. The summed E-state index contributed by atoms with van der Waals surface area (Å²) in [6.07, 6.45) is 1.88. The van der Waals surface area contributed by atoms with Gasteiger partial charge in [0.15, 0.2) is 0 Å². The summed E-state index contributed by atoms with van der Waals surface area (Å²) >= 11 is 0. The second-order valence-corrected chi connectivity index (χ2v) is 5.33. The lowest BCUT2D eigenvalue weighted by molar-refractivity contribution is -0.0498. The Kier molecular flexibility index (Phi) is 4.83. The van der Waals surface area contributed by atoms with Crippen LogP contribution >= 0.6 is 0 Å². The van der Waals surface area contributed by atoms with Crippen LogP contribution in [0.5, 0.6) is 5.75 Å². The number of carbonyl (C=O) groups is 1. The van der Waals surface area contributed by atoms with Gasteiger partial charge in [-0.3, -0.25) is 0 Å². The molecule has 0 aliphatic carbocycles. The van der Waals surface area contributed by atoms with E-state index in [1.54, 1.807) is 0 Å². The summed E-state index contributed by atoms with van der Waals surface area (Å²) in [5.74, 6) is 0.0342. The highest BCUT2D eigenvalue weighted by Crippen LogP contribution is 2.26. The monoisotopic (exact) mass is 345 g/mol. The van der Waals surface area contributed by atoms with E-state index in [0.717, 1.165) is 17.4 Å². The Bertz CT molecular complexity index is 876. The number of para-hydroxylation sites is 1. The zero-order chi connectivity index (χ0) is 17.8. The molecular formula is C18H17F2N3O2. The van der Waals surface area contributed by atoms with Gasteiger partial charge >= 0.3 is 12.6 Å². The van der Waals surface area contributed by atoms with E-state index in [4.69, 9.17) is 0 Å². The number of hydrogen-bond donors (Lipinski definition) is 2. The van der Waals surface area contributed by atoms with Gasteiger partial charge in [-0.1, -0.05) is 18.2 Å². The van der Waals surface area contributed by atoms with Crippen LogP contribution in [0.3, 0.4) is 0 Å². The van der Waals surface area contributed by atoms with Crippen molar-refractivity contribution in [2.45, 2.75) is 20.1 Å². The number of benzene rings is 2. The topological polar surface area (TPSA) is 55.3 Å².